The fraction of sp³-hybridized carbons (Fsp3) is 0.739. The predicted octanol–water partition coefficient (Wildman–Crippen LogP) is 5.54. The largest absolute Gasteiger partial charge is 0.444 e. The van der Waals surface area contributed by atoms with E-state index in [1.165, 1.54) is 11.1 Å². The second kappa shape index (κ2) is 10.2. The summed E-state index contributed by atoms with van der Waals surface area (Å²) >= 11 is 0. The van der Waals surface area contributed by atoms with Crippen molar-refractivity contribution in [1.82, 2.24) is 9.80 Å². The van der Waals surface area contributed by atoms with Crippen molar-refractivity contribution in [3.63, 3.8) is 0 Å². The van der Waals surface area contributed by atoms with Gasteiger partial charge < -0.3 is 19.3 Å². The molecule has 0 aromatic heterocycles. The quantitative estimate of drug-likeness (QED) is 0.494. The van der Waals surface area contributed by atoms with Gasteiger partial charge in [0.25, 0.3) is 0 Å². The van der Waals surface area contributed by atoms with Crippen LogP contribution in [0.2, 0.25) is 0 Å². The number of nitrogens with zero attached hydrogens (tertiary/aromatic N) is 2. The number of piperidine rings is 2. The van der Waals surface area contributed by atoms with Gasteiger partial charge in [0.05, 0.1) is 0 Å². The highest BCUT2D eigenvalue weighted by Crippen LogP contribution is 2.22. The molecule has 2 saturated heterocycles. The van der Waals surface area contributed by atoms with Crippen LogP contribution in [-0.4, -0.2) is 58.9 Å². The Kier molecular flexibility index (Phi) is 8.79. The number of likely N-dealkylation sites (tertiary alicyclic amines) is 2. The highest BCUT2D eigenvalue weighted by molar-refractivity contribution is 5.69. The lowest BCUT2D eigenvalue weighted by Gasteiger charge is -2.35. The zero-order valence-electron chi connectivity index (χ0n) is 19.5. The highest BCUT2D eigenvalue weighted by atomic mass is 16.6. The molecule has 2 aliphatic rings. The Morgan fingerprint density at radius 2 is 1.28 bits per heavy atom. The predicted molar refractivity (Wildman–Crippen MR) is 117 cm³/mol. The van der Waals surface area contributed by atoms with Gasteiger partial charge in [0.2, 0.25) is 0 Å². The third-order valence-electron chi connectivity index (χ3n) is 4.57. The molecule has 0 radical (unpaired) electrons. The molecular weight excluding hydrogens is 368 g/mol. The zero-order valence-corrected chi connectivity index (χ0v) is 19.5. The van der Waals surface area contributed by atoms with Gasteiger partial charge in [0.15, 0.2) is 0 Å². The summed E-state index contributed by atoms with van der Waals surface area (Å²) in [4.78, 5) is 26.9. The average Bonchev–Trinajstić information content (AvgIpc) is 2.52. The van der Waals surface area contributed by atoms with Crippen LogP contribution in [0.4, 0.5) is 9.59 Å². The van der Waals surface area contributed by atoms with E-state index >= 15 is 0 Å². The summed E-state index contributed by atoms with van der Waals surface area (Å²) < 4.78 is 10.6. The number of hydrogen-bond acceptors (Lipinski definition) is 4. The molecule has 6 heteroatoms. The minimum absolute atomic E-state index is 0.204. The van der Waals surface area contributed by atoms with Crippen molar-refractivity contribution in [2.75, 3.05) is 19.6 Å². The van der Waals surface area contributed by atoms with Crippen molar-refractivity contribution >= 4 is 12.2 Å². The number of hydrogen-bond donors (Lipinski definition) is 0. The normalized spacial score (nSPS) is 20.6. The molecule has 6 nitrogen and oxygen atoms in total. The summed E-state index contributed by atoms with van der Waals surface area (Å²) in [7, 11) is 0. The molecule has 0 aromatic carbocycles. The highest BCUT2D eigenvalue weighted by Gasteiger charge is 2.28. The maximum Gasteiger partial charge on any atom is 0.410 e. The first-order chi connectivity index (χ1) is 13.2. The van der Waals surface area contributed by atoms with Gasteiger partial charge in [-0.15, -0.1) is 0 Å². The van der Waals surface area contributed by atoms with E-state index in [1.54, 1.807) is 9.80 Å². The fourth-order valence-corrected chi connectivity index (χ4v) is 3.05. The Labute approximate surface area is 176 Å². The Bertz CT molecular complexity index is 603. The molecule has 2 rings (SSSR count). The number of amides is 2. The van der Waals surface area contributed by atoms with Gasteiger partial charge >= 0.3 is 12.2 Å². The molecule has 29 heavy (non-hydrogen) atoms. The van der Waals surface area contributed by atoms with Gasteiger partial charge in [0, 0.05) is 25.7 Å². The van der Waals surface area contributed by atoms with E-state index < -0.39 is 11.2 Å². The number of carbonyl (C=O) groups excluding carboxylic acids is 2. The molecule has 2 fully saturated rings. The molecule has 1 unspecified atom stereocenters. The third-order valence-corrected chi connectivity index (χ3v) is 4.57. The number of ether oxygens (including phenoxy) is 2. The maximum absolute atomic E-state index is 11.8. The second-order valence-corrected chi connectivity index (χ2v) is 9.94. The molecule has 0 spiro atoms. The Morgan fingerprint density at radius 1 is 0.828 bits per heavy atom. The molecule has 0 aliphatic carbocycles. The van der Waals surface area contributed by atoms with Gasteiger partial charge in [-0.25, -0.2) is 9.59 Å². The standard InChI is InChI=1S/C12H21NO2.C11H19NO2/c1-9-6-7-13(10(2)8-9)11(14)15-12(3,4)5;1-9-5-7-12(8-6-9)10(13)14-11(2,3)4/h10H,1,6-8H2,2-5H3;1,5-8H2,2-4H3. The molecule has 1 atom stereocenters. The lowest BCUT2D eigenvalue weighted by atomic mass is 10.00. The van der Waals surface area contributed by atoms with Crippen molar-refractivity contribution in [2.45, 2.75) is 91.4 Å². The number of carbonyl (C=O) groups is 2. The van der Waals surface area contributed by atoms with E-state index in [9.17, 15) is 9.59 Å². The lowest BCUT2D eigenvalue weighted by Crippen LogP contribution is -2.45. The van der Waals surface area contributed by atoms with E-state index in [1.807, 2.05) is 48.5 Å². The monoisotopic (exact) mass is 408 g/mol. The van der Waals surface area contributed by atoms with Gasteiger partial charge in [0.1, 0.15) is 11.2 Å². The molecule has 0 N–H and O–H groups in total. The smallest absolute Gasteiger partial charge is 0.410 e. The fourth-order valence-electron chi connectivity index (χ4n) is 3.05. The summed E-state index contributed by atoms with van der Waals surface area (Å²) in [5.74, 6) is 0. The van der Waals surface area contributed by atoms with Crippen LogP contribution in [0.3, 0.4) is 0 Å². The maximum atomic E-state index is 11.8. The molecule has 0 bridgehead atoms. The van der Waals surface area contributed by atoms with E-state index in [0.29, 0.717) is 0 Å². The third kappa shape index (κ3) is 9.86. The van der Waals surface area contributed by atoms with Crippen LogP contribution in [0.1, 0.15) is 74.1 Å². The molecule has 2 heterocycles. The molecule has 0 saturated carbocycles. The summed E-state index contributed by atoms with van der Waals surface area (Å²) in [6.45, 7) is 23.4. The topological polar surface area (TPSA) is 59.1 Å². The van der Waals surface area contributed by atoms with E-state index in [-0.39, 0.29) is 18.2 Å². The van der Waals surface area contributed by atoms with Crippen LogP contribution < -0.4 is 0 Å². The first kappa shape index (κ1) is 25.1. The van der Waals surface area contributed by atoms with E-state index in [4.69, 9.17) is 9.47 Å². The second-order valence-electron chi connectivity index (χ2n) is 9.94. The van der Waals surface area contributed by atoms with E-state index in [2.05, 4.69) is 13.2 Å². The van der Waals surface area contributed by atoms with Crippen LogP contribution in [0.25, 0.3) is 0 Å². The van der Waals surface area contributed by atoms with Gasteiger partial charge in [-0.05, 0) is 74.1 Å². The van der Waals surface area contributed by atoms with Crippen LogP contribution in [0.5, 0.6) is 0 Å². The van der Waals surface area contributed by atoms with Crippen LogP contribution in [-0.2, 0) is 9.47 Å². The molecule has 166 valence electrons. The van der Waals surface area contributed by atoms with Crippen molar-refractivity contribution in [2.24, 2.45) is 0 Å². The zero-order chi connectivity index (χ0) is 22.4. The summed E-state index contributed by atoms with van der Waals surface area (Å²) in [6.07, 6.45) is 3.17. The molecule has 2 aliphatic heterocycles. The van der Waals surface area contributed by atoms with Crippen molar-refractivity contribution < 1.29 is 19.1 Å². The summed E-state index contributed by atoms with van der Waals surface area (Å²) in [5.41, 5.74) is 1.64. The van der Waals surface area contributed by atoms with Crippen LogP contribution in [0, 0.1) is 0 Å². The first-order valence-electron chi connectivity index (χ1n) is 10.5. The number of rotatable bonds is 0. The van der Waals surface area contributed by atoms with E-state index in [0.717, 1.165) is 45.3 Å². The SMILES string of the molecule is C=C1CCN(C(=O)OC(C)(C)C)C(C)C1.C=C1CCN(C(=O)OC(C)(C)C)CC1. The summed E-state index contributed by atoms with van der Waals surface area (Å²) in [6, 6.07) is 0.209. The van der Waals surface area contributed by atoms with Gasteiger partial charge in [-0.1, -0.05) is 24.3 Å². The van der Waals surface area contributed by atoms with Crippen molar-refractivity contribution in [3.8, 4) is 0 Å². The lowest BCUT2D eigenvalue weighted by molar-refractivity contribution is 0.0151. The Balaban J connectivity index is 0.000000291. The van der Waals surface area contributed by atoms with Gasteiger partial charge in [-0.2, -0.15) is 0 Å². The molecule has 2 amide bonds. The van der Waals surface area contributed by atoms with Crippen molar-refractivity contribution in [1.29, 1.82) is 0 Å². The van der Waals surface area contributed by atoms with Gasteiger partial charge in [-0.3, -0.25) is 0 Å². The van der Waals surface area contributed by atoms with Crippen molar-refractivity contribution in [3.05, 3.63) is 24.3 Å². The minimum Gasteiger partial charge on any atom is -0.444 e. The average molecular weight is 409 g/mol. The summed E-state index contributed by atoms with van der Waals surface area (Å²) in [5, 5.41) is 0. The van der Waals surface area contributed by atoms with Crippen LogP contribution >= 0.6 is 0 Å². The van der Waals surface area contributed by atoms with Crippen LogP contribution in [0.15, 0.2) is 24.3 Å². The Hall–Kier alpha value is -1.98. The first-order valence-corrected chi connectivity index (χ1v) is 10.5. The Morgan fingerprint density at radius 3 is 1.72 bits per heavy atom. The molecule has 0 aromatic rings. The molecular formula is C23H40N2O4. The minimum atomic E-state index is -0.411.